The molecule has 0 saturated carbocycles. The van der Waals surface area contributed by atoms with Crippen LogP contribution in [0.5, 0.6) is 0 Å². The van der Waals surface area contributed by atoms with Crippen LogP contribution in [0.25, 0.3) is 0 Å². The van der Waals surface area contributed by atoms with Crippen molar-refractivity contribution >= 4 is 10.0 Å². The van der Waals surface area contributed by atoms with Gasteiger partial charge in [-0.15, -0.1) is 0 Å². The van der Waals surface area contributed by atoms with Crippen LogP contribution in [0.2, 0.25) is 0 Å². The molecule has 0 N–H and O–H groups in total. The Bertz CT molecular complexity index is 69.4. The minimum atomic E-state index is -3.04. The molecule has 32 valence electrons. The molecule has 0 aliphatic rings. The molecule has 0 aromatic rings. The maximum Gasteiger partial charge on any atom is 0.0204 e. The van der Waals surface area contributed by atoms with Gasteiger partial charge in [0.1, 0.15) is 0 Å². The zero-order valence-electron chi connectivity index (χ0n) is 6.65. The fraction of sp³-hybridized carbons (Fsp3) is 1.00. The maximum absolute atomic E-state index is 6.89. The van der Waals surface area contributed by atoms with Gasteiger partial charge in [0, 0.05) is 13.7 Å². The molecule has 0 fully saturated rings. The highest BCUT2D eigenvalue weighted by molar-refractivity contribution is 6.08. The average Bonchev–Trinajstić information content (AvgIpc) is 1.21. The predicted octanol–water partition coefficient (Wildman–Crippen LogP) is -1.13. The third kappa shape index (κ3) is 4.18. The Balaban J connectivity index is 3.39. The third-order valence-corrected chi connectivity index (χ3v) is 0.949. The van der Waals surface area contributed by atoms with Gasteiger partial charge in [0.2, 0.25) is 0 Å². The molecular formula is C3H11NSi. The van der Waals surface area contributed by atoms with Crippen molar-refractivity contribution in [3.63, 3.8) is 0 Å². The van der Waals surface area contributed by atoms with Gasteiger partial charge in [-0.25, -0.2) is 0 Å². The van der Waals surface area contributed by atoms with Crippen LogP contribution in [0.3, 0.4) is 0 Å². The van der Waals surface area contributed by atoms with Gasteiger partial charge >= 0.3 is 0 Å². The Morgan fingerprint density at radius 3 is 2.60 bits per heavy atom. The first kappa shape index (κ1) is 1.75. The minimum absolute atomic E-state index is 0.299. The van der Waals surface area contributed by atoms with E-state index in [0.29, 0.717) is 6.17 Å². The summed E-state index contributed by atoms with van der Waals surface area (Å²) in [5, 5.41) is 0. The molecule has 0 amide bonds. The van der Waals surface area contributed by atoms with E-state index in [1.807, 2.05) is 0 Å². The van der Waals surface area contributed by atoms with Crippen molar-refractivity contribution in [3.05, 3.63) is 0 Å². The smallest absolute Gasteiger partial charge is 0.0204 e. The summed E-state index contributed by atoms with van der Waals surface area (Å²) in [4.78, 5) is 1.71. The monoisotopic (exact) mass is 95.1 g/mol. The van der Waals surface area contributed by atoms with Gasteiger partial charge in [0.15, 0.2) is 0 Å². The van der Waals surface area contributed by atoms with E-state index in [1.165, 1.54) is 0 Å². The van der Waals surface area contributed by atoms with E-state index in [9.17, 15) is 0 Å². The largest absolute Gasteiger partial charge is 0.313 e. The first-order valence-electron chi connectivity index (χ1n) is 3.06. The molecule has 0 aliphatic heterocycles. The lowest BCUT2D eigenvalue weighted by Crippen LogP contribution is -2.11. The topological polar surface area (TPSA) is 3.24 Å². The van der Waals surface area contributed by atoms with Gasteiger partial charge in [-0.2, -0.15) is 0 Å². The van der Waals surface area contributed by atoms with E-state index in [2.05, 4.69) is 0 Å². The van der Waals surface area contributed by atoms with Crippen molar-refractivity contribution in [1.82, 2.24) is 4.90 Å². The normalized spacial score (nSPS) is 21.0. The first-order chi connectivity index (χ1) is 3.42. The molecular weight excluding hydrogens is 78.1 g/mol. The van der Waals surface area contributed by atoms with E-state index in [-0.39, 0.29) is 0 Å². The zero-order valence-corrected chi connectivity index (χ0v) is 4.65. The van der Waals surface area contributed by atoms with Gasteiger partial charge in [0.25, 0.3) is 0 Å². The second-order valence-corrected chi connectivity index (χ2v) is 1.55. The fourth-order valence-electron chi connectivity index (χ4n) is 0. The molecule has 2 heteroatoms. The average molecular weight is 95.2 g/mol. The lowest BCUT2D eigenvalue weighted by atomic mass is 11.0. The van der Waals surface area contributed by atoms with Crippen LogP contribution in [-0.4, -0.2) is 38.9 Å². The molecule has 5 heavy (non-hydrogen) atoms. The van der Waals surface area contributed by atoms with E-state index < -0.39 is 10.0 Å². The Hall–Kier alpha value is 0.177. The van der Waals surface area contributed by atoms with Crippen LogP contribution in [0, 0.1) is 0 Å². The van der Waals surface area contributed by atoms with E-state index >= 15 is 0 Å². The highest BCUT2D eigenvalue weighted by Crippen LogP contribution is 1.58. The van der Waals surface area contributed by atoms with Gasteiger partial charge in [0.05, 0.1) is 0 Å². The van der Waals surface area contributed by atoms with Crippen molar-refractivity contribution in [2.75, 3.05) is 20.3 Å². The molecule has 0 unspecified atom stereocenters. The van der Waals surface area contributed by atoms with Crippen molar-refractivity contribution in [2.45, 2.75) is 0 Å². The minimum Gasteiger partial charge on any atom is -0.313 e. The summed E-state index contributed by atoms with van der Waals surface area (Å²) >= 11 is 0. The van der Waals surface area contributed by atoms with Crippen molar-refractivity contribution < 1.29 is 0 Å². The lowest BCUT2D eigenvalue weighted by Gasteiger charge is -2.00. The van der Waals surface area contributed by atoms with E-state index in [4.69, 9.17) is 3.70 Å². The third-order valence-electron chi connectivity index (χ3n) is 0.316. The van der Waals surface area contributed by atoms with E-state index in [0.717, 1.165) is 0 Å². The molecule has 1 nitrogen and oxygen atoms in total. The Labute approximate surface area is 40.1 Å². The zero-order chi connectivity index (χ0) is 6.78. The molecule has 0 saturated heterocycles. The highest BCUT2D eigenvalue weighted by atomic mass is 28.1. The Morgan fingerprint density at radius 2 is 2.60 bits per heavy atom. The highest BCUT2D eigenvalue weighted by Gasteiger charge is 1.72. The summed E-state index contributed by atoms with van der Waals surface area (Å²) in [6.07, 6.45) is 0.299. The molecule has 0 bridgehead atoms. The quantitative estimate of drug-likeness (QED) is 0.392. The fourth-order valence-corrected chi connectivity index (χ4v) is 0. The number of hydrogen-bond donors (Lipinski definition) is 0. The Kier molecular flexibility index (Phi) is 0.847. The number of hydrogen-bond acceptors (Lipinski definition) is 1. The first-order valence-corrected chi connectivity index (χ1v) is 2.27. The van der Waals surface area contributed by atoms with Crippen LogP contribution in [0.1, 0.15) is 0 Å². The molecule has 0 rings (SSSR count). The van der Waals surface area contributed by atoms with Crippen molar-refractivity contribution in [1.29, 1.82) is 3.70 Å². The number of nitrogens with zero attached hydrogens (tertiary/aromatic N) is 1. The summed E-state index contributed by atoms with van der Waals surface area (Å²) < 4.78 is 20.7. The second kappa shape index (κ2) is 2.42. The summed E-state index contributed by atoms with van der Waals surface area (Å²) in [6, 6.07) is 0. The predicted molar refractivity (Wildman–Crippen MR) is 28.5 cm³/mol. The van der Waals surface area contributed by atoms with Gasteiger partial charge in [-0.3, -0.25) is 0 Å². The standard InChI is InChI=1S/C3H11NSi/c1-4(2)3-5/h3H2,1-2,5H3/i5T3. The van der Waals surface area contributed by atoms with Gasteiger partial charge < -0.3 is 4.90 Å². The Morgan fingerprint density at radius 1 is 2.00 bits per heavy atom. The molecule has 0 spiro atoms. The second-order valence-electron chi connectivity index (χ2n) is 1.24. The maximum atomic E-state index is 6.89. The molecule has 0 aliphatic carbocycles. The van der Waals surface area contributed by atoms with Crippen molar-refractivity contribution in [2.24, 2.45) is 0 Å². The molecule has 0 aromatic heterocycles. The lowest BCUT2D eigenvalue weighted by molar-refractivity contribution is 0.480. The summed E-state index contributed by atoms with van der Waals surface area (Å²) in [5.74, 6) is 0. The van der Waals surface area contributed by atoms with Gasteiger partial charge in [-0.05, 0) is 20.3 Å². The molecule has 0 atom stereocenters. The summed E-state index contributed by atoms with van der Waals surface area (Å²) in [6.45, 7) is 0. The van der Waals surface area contributed by atoms with E-state index in [1.54, 1.807) is 19.0 Å². The number of rotatable bonds is 2. The van der Waals surface area contributed by atoms with Crippen LogP contribution in [0.15, 0.2) is 0 Å². The molecule has 0 aromatic carbocycles. The molecule has 0 heterocycles. The van der Waals surface area contributed by atoms with Crippen molar-refractivity contribution in [3.8, 4) is 0 Å². The molecule has 0 radical (unpaired) electrons. The van der Waals surface area contributed by atoms with Crippen LogP contribution < -0.4 is 0 Å². The summed E-state index contributed by atoms with van der Waals surface area (Å²) in [7, 11) is 0.510. The SMILES string of the molecule is [3H][Si]([3H])([3H])CN(C)C. The van der Waals surface area contributed by atoms with Crippen LogP contribution in [-0.2, 0) is 0 Å². The van der Waals surface area contributed by atoms with Crippen LogP contribution >= 0.6 is 0 Å². The van der Waals surface area contributed by atoms with Gasteiger partial charge in [-0.1, -0.05) is 0 Å². The van der Waals surface area contributed by atoms with Crippen LogP contribution in [0.4, 0.5) is 0 Å². The summed E-state index contributed by atoms with van der Waals surface area (Å²) in [5.41, 5.74) is 0.